The number of carbonyl (C=O) groups is 1. The van der Waals surface area contributed by atoms with Crippen molar-refractivity contribution in [2.45, 2.75) is 39.1 Å². The molecule has 0 unspecified atom stereocenters. The van der Waals surface area contributed by atoms with Crippen LogP contribution in [0.25, 0.3) is 11.3 Å². The Labute approximate surface area is 192 Å². The van der Waals surface area contributed by atoms with E-state index in [-0.39, 0.29) is 5.91 Å². The van der Waals surface area contributed by atoms with Crippen LogP contribution < -0.4 is 14.5 Å². The molecule has 0 fully saturated rings. The molecule has 2 aromatic carbocycles. The van der Waals surface area contributed by atoms with E-state index in [0.717, 1.165) is 41.3 Å². The summed E-state index contributed by atoms with van der Waals surface area (Å²) in [7, 11) is 0. The van der Waals surface area contributed by atoms with Gasteiger partial charge in [0.15, 0.2) is 5.69 Å². The average molecular weight is 450 g/mol. The topological polar surface area (TPSA) is 71.5 Å². The average Bonchev–Trinajstić information content (AvgIpc) is 2.95. The van der Waals surface area contributed by atoms with Gasteiger partial charge in [0.1, 0.15) is 0 Å². The fourth-order valence-corrected chi connectivity index (χ4v) is 4.40. The molecule has 4 rings (SSSR count). The molecule has 0 radical (unpaired) electrons. The van der Waals surface area contributed by atoms with Crippen LogP contribution in [-0.2, 0) is 4.79 Å². The molecule has 2 heterocycles. The predicted molar refractivity (Wildman–Crippen MR) is 128 cm³/mol. The van der Waals surface area contributed by atoms with Crippen molar-refractivity contribution in [2.24, 2.45) is 0 Å². The number of hydrogen-bond donors (Lipinski definition) is 0. The summed E-state index contributed by atoms with van der Waals surface area (Å²) in [4.78, 5) is 21.4. The zero-order chi connectivity index (χ0) is 22.7. The van der Waals surface area contributed by atoms with Gasteiger partial charge in [-0.3, -0.25) is 9.69 Å². The lowest BCUT2D eigenvalue weighted by Gasteiger charge is -2.30. The van der Waals surface area contributed by atoms with E-state index >= 15 is 0 Å². The van der Waals surface area contributed by atoms with Gasteiger partial charge in [-0.05, 0) is 37.8 Å². The molecule has 7 nitrogen and oxygen atoms in total. The summed E-state index contributed by atoms with van der Waals surface area (Å²) in [6, 6.07) is 15.8. The Balaban J connectivity index is 1.85. The first-order chi connectivity index (χ1) is 15.6. The molecule has 1 atom stereocenters. The number of nitrogens with zero attached hydrogens (tertiary/aromatic N) is 5. The maximum Gasteiger partial charge on any atom is 0.247 e. The van der Waals surface area contributed by atoms with Crippen LogP contribution in [0, 0.1) is 0 Å². The first kappa shape index (κ1) is 22.1. The van der Waals surface area contributed by atoms with Crippen LogP contribution in [0.5, 0.6) is 5.88 Å². The minimum absolute atomic E-state index is 0.126. The molecule has 0 saturated heterocycles. The van der Waals surface area contributed by atoms with Crippen LogP contribution in [0.1, 0.15) is 39.5 Å². The maximum absolute atomic E-state index is 12.9. The Morgan fingerprint density at radius 1 is 1.06 bits per heavy atom. The Hall–Kier alpha value is -3.13. The summed E-state index contributed by atoms with van der Waals surface area (Å²) in [5, 5.41) is 9.22. The van der Waals surface area contributed by atoms with Crippen molar-refractivity contribution in [3.05, 3.63) is 54.1 Å². The lowest BCUT2D eigenvalue weighted by Crippen LogP contribution is -2.36. The molecule has 166 valence electrons. The third-order valence-electron chi connectivity index (χ3n) is 5.43. The van der Waals surface area contributed by atoms with Crippen LogP contribution in [0.3, 0.4) is 0 Å². The molecule has 0 saturated carbocycles. The van der Waals surface area contributed by atoms with Crippen molar-refractivity contribution in [2.75, 3.05) is 28.6 Å². The van der Waals surface area contributed by atoms with E-state index in [1.807, 2.05) is 43.3 Å². The van der Waals surface area contributed by atoms with E-state index in [0.29, 0.717) is 16.7 Å². The van der Waals surface area contributed by atoms with E-state index in [1.165, 1.54) is 11.8 Å². The monoisotopic (exact) mass is 449 g/mol. The van der Waals surface area contributed by atoms with Gasteiger partial charge in [0, 0.05) is 36.8 Å². The van der Waals surface area contributed by atoms with Gasteiger partial charge in [-0.25, -0.2) is 0 Å². The van der Waals surface area contributed by atoms with E-state index in [2.05, 4.69) is 46.1 Å². The highest BCUT2D eigenvalue weighted by Crippen LogP contribution is 2.43. The van der Waals surface area contributed by atoms with Crippen LogP contribution in [-0.4, -0.2) is 39.9 Å². The van der Waals surface area contributed by atoms with E-state index in [9.17, 15) is 4.79 Å². The molecule has 0 aliphatic carbocycles. The lowest BCUT2D eigenvalue weighted by molar-refractivity contribution is -0.118. The number of para-hydroxylation sites is 1. The van der Waals surface area contributed by atoms with Gasteiger partial charge in [0.05, 0.1) is 5.69 Å². The minimum atomic E-state index is -0.670. The Morgan fingerprint density at radius 2 is 1.78 bits per heavy atom. The zero-order valence-electron chi connectivity index (χ0n) is 18.8. The van der Waals surface area contributed by atoms with Crippen molar-refractivity contribution in [1.82, 2.24) is 15.2 Å². The number of hydrogen-bond acceptors (Lipinski definition) is 7. The van der Waals surface area contributed by atoms with Gasteiger partial charge in [-0.1, -0.05) is 49.0 Å². The largest absolute Gasteiger partial charge is 0.447 e. The number of benzene rings is 2. The van der Waals surface area contributed by atoms with E-state index in [4.69, 9.17) is 4.74 Å². The third-order valence-corrected chi connectivity index (χ3v) is 6.15. The van der Waals surface area contributed by atoms with Gasteiger partial charge in [-0.2, -0.15) is 4.98 Å². The van der Waals surface area contributed by atoms with Crippen molar-refractivity contribution in [3.63, 3.8) is 0 Å². The van der Waals surface area contributed by atoms with Crippen molar-refractivity contribution >= 4 is 29.0 Å². The number of anilines is 2. The minimum Gasteiger partial charge on any atom is -0.447 e. The number of ether oxygens (including phenoxy) is 1. The molecule has 1 amide bonds. The van der Waals surface area contributed by atoms with Gasteiger partial charge < -0.3 is 9.64 Å². The highest BCUT2D eigenvalue weighted by atomic mass is 32.2. The summed E-state index contributed by atoms with van der Waals surface area (Å²) in [5.41, 5.74) is 4.03. The second-order valence-corrected chi connectivity index (χ2v) is 8.55. The van der Waals surface area contributed by atoms with Crippen LogP contribution in [0.4, 0.5) is 11.4 Å². The van der Waals surface area contributed by atoms with Crippen LogP contribution >= 0.6 is 11.8 Å². The molecule has 0 spiro atoms. The number of fused-ring (bicyclic) bond motifs is 3. The third kappa shape index (κ3) is 4.14. The number of thioether (sulfide) groups is 1. The highest BCUT2D eigenvalue weighted by molar-refractivity contribution is 7.99. The van der Waals surface area contributed by atoms with Gasteiger partial charge in [0.25, 0.3) is 0 Å². The van der Waals surface area contributed by atoms with Crippen LogP contribution in [0.2, 0.25) is 0 Å². The number of amides is 1. The molecular weight excluding hydrogens is 422 g/mol. The number of carbonyl (C=O) groups excluding carboxylic acids is 1. The summed E-state index contributed by atoms with van der Waals surface area (Å²) < 4.78 is 6.40. The second kappa shape index (κ2) is 9.56. The smallest absolute Gasteiger partial charge is 0.247 e. The van der Waals surface area contributed by atoms with Gasteiger partial charge in [-0.15, -0.1) is 10.2 Å². The number of aromatic nitrogens is 3. The van der Waals surface area contributed by atoms with Gasteiger partial charge >= 0.3 is 0 Å². The molecule has 8 heteroatoms. The SMILES string of the molecule is CCSc1nnc2c(n1)O[C@@H](c1ccc(N(CC)CC)cc1)N(C(C)=O)c1ccccc1-2. The van der Waals surface area contributed by atoms with Gasteiger partial charge in [0.2, 0.25) is 23.2 Å². The molecule has 32 heavy (non-hydrogen) atoms. The summed E-state index contributed by atoms with van der Waals surface area (Å²) in [6.45, 7) is 9.71. The quantitative estimate of drug-likeness (QED) is 0.494. The first-order valence-corrected chi connectivity index (χ1v) is 11.8. The van der Waals surface area contributed by atoms with Crippen molar-refractivity contribution in [1.29, 1.82) is 0 Å². The standard InChI is InChI=1S/C24H27N5O2S/c1-5-28(6-2)18-14-12-17(13-15-18)23-29(16(4)30)20-11-9-8-10-19(20)21-22(31-23)25-24(27-26-21)32-7-3/h8-15,23H,5-7H2,1-4H3/t23-/m0/s1. The molecule has 0 bridgehead atoms. The Bertz CT molecular complexity index is 1100. The Morgan fingerprint density at radius 3 is 2.44 bits per heavy atom. The van der Waals surface area contributed by atoms with Crippen molar-refractivity contribution < 1.29 is 9.53 Å². The van der Waals surface area contributed by atoms with E-state index < -0.39 is 6.23 Å². The summed E-state index contributed by atoms with van der Waals surface area (Å²) in [5.74, 6) is 1.08. The fourth-order valence-electron chi connectivity index (χ4n) is 3.90. The molecule has 0 N–H and O–H groups in total. The Kier molecular flexibility index (Phi) is 6.60. The highest BCUT2D eigenvalue weighted by Gasteiger charge is 2.34. The van der Waals surface area contributed by atoms with E-state index in [1.54, 1.807) is 11.8 Å². The zero-order valence-corrected chi connectivity index (χ0v) is 19.6. The maximum atomic E-state index is 12.9. The molecule has 1 aromatic heterocycles. The predicted octanol–water partition coefficient (Wildman–Crippen LogP) is 4.94. The molecule has 1 aliphatic rings. The first-order valence-electron chi connectivity index (χ1n) is 10.9. The summed E-state index contributed by atoms with van der Waals surface area (Å²) in [6.07, 6.45) is -0.670. The molecule has 1 aliphatic heterocycles. The van der Waals surface area contributed by atoms with Crippen molar-refractivity contribution in [3.8, 4) is 17.1 Å². The fraction of sp³-hybridized carbons (Fsp3) is 0.333. The number of rotatable bonds is 6. The summed E-state index contributed by atoms with van der Waals surface area (Å²) >= 11 is 1.50. The molecular formula is C24H27N5O2S. The normalized spacial score (nSPS) is 14.8. The molecule has 3 aromatic rings. The lowest BCUT2D eigenvalue weighted by atomic mass is 10.1. The second-order valence-electron chi connectivity index (χ2n) is 7.32. The van der Waals surface area contributed by atoms with Crippen LogP contribution in [0.15, 0.2) is 53.7 Å².